The summed E-state index contributed by atoms with van der Waals surface area (Å²) >= 11 is 0. The number of nitriles is 1. The van der Waals surface area contributed by atoms with Gasteiger partial charge in [-0.3, -0.25) is 9.36 Å². The number of halogens is 1. The summed E-state index contributed by atoms with van der Waals surface area (Å²) in [6.07, 6.45) is 5.84. The molecule has 0 saturated heterocycles. The number of hydrogen-bond acceptors (Lipinski definition) is 6. The molecule has 0 amide bonds. The molecule has 0 radical (unpaired) electrons. The van der Waals surface area contributed by atoms with Crippen molar-refractivity contribution in [1.82, 2.24) is 19.2 Å². The van der Waals surface area contributed by atoms with Crippen molar-refractivity contribution < 1.29 is 14.2 Å². The molecule has 1 unspecified atom stereocenters. The van der Waals surface area contributed by atoms with Gasteiger partial charge in [0.2, 0.25) is 5.78 Å². The van der Waals surface area contributed by atoms with Crippen molar-refractivity contribution in [3.05, 3.63) is 87.3 Å². The lowest BCUT2D eigenvalue weighted by Gasteiger charge is -2.31. The molecule has 1 aliphatic rings. The van der Waals surface area contributed by atoms with Crippen molar-refractivity contribution in [3.63, 3.8) is 0 Å². The standard InChI is InChI=1S/C31H34FN5O3/c1-3-6-29-27(15-22-10-9-21(16-28(22)32)26-8-5-4-7-23(26)17-33)30(39)36(31-34-19-35-37(29)31)24-11-13-25(14-12-24)40-20(2)18-38/h4-5,7-10,16,19-20,24-25,38H,3,6,11-15,18H2,1-2H3. The van der Waals surface area contributed by atoms with E-state index in [2.05, 4.69) is 16.2 Å². The Labute approximate surface area is 232 Å². The van der Waals surface area contributed by atoms with Crippen LogP contribution in [0.15, 0.2) is 53.6 Å². The molecule has 1 aliphatic carbocycles. The fourth-order valence-electron chi connectivity index (χ4n) is 5.77. The van der Waals surface area contributed by atoms with E-state index in [4.69, 9.17) is 4.74 Å². The average Bonchev–Trinajstić information content (AvgIpc) is 3.45. The molecule has 8 nitrogen and oxygen atoms in total. The average molecular weight is 544 g/mol. The molecule has 208 valence electrons. The van der Waals surface area contributed by atoms with Crippen LogP contribution >= 0.6 is 0 Å². The van der Waals surface area contributed by atoms with Gasteiger partial charge in [0.15, 0.2) is 0 Å². The van der Waals surface area contributed by atoms with E-state index in [0.29, 0.717) is 40.0 Å². The lowest BCUT2D eigenvalue weighted by Crippen LogP contribution is -2.35. The topological polar surface area (TPSA) is 105 Å². The molecule has 2 aromatic heterocycles. The Balaban J connectivity index is 1.51. The van der Waals surface area contributed by atoms with Gasteiger partial charge in [-0.15, -0.1) is 0 Å². The van der Waals surface area contributed by atoms with E-state index in [1.807, 2.05) is 19.9 Å². The number of rotatable bonds is 9. The van der Waals surface area contributed by atoms with Crippen molar-refractivity contribution in [2.24, 2.45) is 0 Å². The second kappa shape index (κ2) is 12.1. The maximum atomic E-state index is 15.5. The summed E-state index contributed by atoms with van der Waals surface area (Å²) < 4.78 is 24.9. The van der Waals surface area contributed by atoms with Crippen LogP contribution in [-0.2, 0) is 17.6 Å². The van der Waals surface area contributed by atoms with Crippen molar-refractivity contribution in [2.75, 3.05) is 6.61 Å². The predicted molar refractivity (Wildman–Crippen MR) is 150 cm³/mol. The van der Waals surface area contributed by atoms with Crippen LogP contribution in [0.5, 0.6) is 0 Å². The molecule has 1 saturated carbocycles. The van der Waals surface area contributed by atoms with Crippen LogP contribution in [0, 0.1) is 17.1 Å². The van der Waals surface area contributed by atoms with Gasteiger partial charge in [-0.25, -0.2) is 8.91 Å². The lowest BCUT2D eigenvalue weighted by atomic mass is 9.92. The Morgan fingerprint density at radius 2 is 1.98 bits per heavy atom. The van der Waals surface area contributed by atoms with Gasteiger partial charge in [0.1, 0.15) is 12.1 Å². The molecular weight excluding hydrogens is 509 g/mol. The number of aliphatic hydroxyl groups is 1. The Bertz CT molecular complexity index is 1600. The maximum Gasteiger partial charge on any atom is 0.259 e. The molecule has 0 spiro atoms. The van der Waals surface area contributed by atoms with Gasteiger partial charge in [0.05, 0.1) is 36.1 Å². The minimum absolute atomic E-state index is 0.0234. The van der Waals surface area contributed by atoms with Crippen LogP contribution < -0.4 is 5.56 Å². The third-order valence-electron chi connectivity index (χ3n) is 7.78. The molecule has 40 heavy (non-hydrogen) atoms. The van der Waals surface area contributed by atoms with E-state index in [9.17, 15) is 15.2 Å². The molecule has 1 fully saturated rings. The van der Waals surface area contributed by atoms with Crippen molar-refractivity contribution in [1.29, 1.82) is 5.26 Å². The number of aryl methyl sites for hydroxylation is 1. The summed E-state index contributed by atoms with van der Waals surface area (Å²) in [7, 11) is 0. The van der Waals surface area contributed by atoms with Gasteiger partial charge in [0, 0.05) is 18.0 Å². The number of aliphatic hydroxyl groups excluding tert-OH is 1. The molecule has 2 aromatic carbocycles. The van der Waals surface area contributed by atoms with Crippen molar-refractivity contribution in [3.8, 4) is 17.2 Å². The third-order valence-corrected chi connectivity index (χ3v) is 7.78. The fraction of sp³-hybridized carbons (Fsp3) is 0.419. The second-order valence-corrected chi connectivity index (χ2v) is 10.5. The highest BCUT2D eigenvalue weighted by atomic mass is 19.1. The van der Waals surface area contributed by atoms with Crippen molar-refractivity contribution >= 4 is 5.78 Å². The molecule has 2 heterocycles. The maximum absolute atomic E-state index is 15.5. The van der Waals surface area contributed by atoms with Gasteiger partial charge < -0.3 is 9.84 Å². The number of ether oxygens (including phenoxy) is 1. The third kappa shape index (κ3) is 5.42. The van der Waals surface area contributed by atoms with E-state index in [1.54, 1.807) is 39.4 Å². The Kier molecular flexibility index (Phi) is 8.38. The zero-order valence-electron chi connectivity index (χ0n) is 22.9. The molecule has 9 heteroatoms. The zero-order chi connectivity index (χ0) is 28.2. The molecule has 4 aromatic rings. The number of hydrogen-bond donors (Lipinski definition) is 1. The largest absolute Gasteiger partial charge is 0.394 e. The fourth-order valence-corrected chi connectivity index (χ4v) is 5.77. The van der Waals surface area contributed by atoms with Gasteiger partial charge in [-0.2, -0.15) is 15.3 Å². The van der Waals surface area contributed by atoms with Gasteiger partial charge in [0.25, 0.3) is 5.56 Å². The molecule has 0 bridgehead atoms. The molecule has 1 atom stereocenters. The Hall–Kier alpha value is -3.87. The van der Waals surface area contributed by atoms with Crippen LogP contribution in [0.2, 0.25) is 0 Å². The van der Waals surface area contributed by atoms with E-state index < -0.39 is 5.82 Å². The summed E-state index contributed by atoms with van der Waals surface area (Å²) in [5, 5.41) is 23.3. The van der Waals surface area contributed by atoms with Crippen molar-refractivity contribution in [2.45, 2.75) is 77.0 Å². The summed E-state index contributed by atoms with van der Waals surface area (Å²) in [6, 6.07) is 14.1. The van der Waals surface area contributed by atoms with E-state index in [0.717, 1.165) is 37.8 Å². The Morgan fingerprint density at radius 3 is 2.67 bits per heavy atom. The van der Waals surface area contributed by atoms with Crippen LogP contribution in [0.4, 0.5) is 4.39 Å². The summed E-state index contributed by atoms with van der Waals surface area (Å²) in [6.45, 7) is 3.86. The normalized spacial score (nSPS) is 18.1. The van der Waals surface area contributed by atoms with E-state index in [1.165, 1.54) is 12.4 Å². The van der Waals surface area contributed by atoms with Crippen LogP contribution in [0.3, 0.4) is 0 Å². The number of fused-ring (bicyclic) bond motifs is 1. The highest BCUT2D eigenvalue weighted by Gasteiger charge is 2.29. The lowest BCUT2D eigenvalue weighted by molar-refractivity contribution is -0.0485. The summed E-state index contributed by atoms with van der Waals surface area (Å²) in [5.74, 6) is 0.0854. The van der Waals surface area contributed by atoms with Gasteiger partial charge >= 0.3 is 0 Å². The first-order valence-electron chi connectivity index (χ1n) is 13.9. The van der Waals surface area contributed by atoms with Gasteiger partial charge in [-0.1, -0.05) is 43.7 Å². The molecule has 5 rings (SSSR count). The highest BCUT2D eigenvalue weighted by Crippen LogP contribution is 2.32. The second-order valence-electron chi connectivity index (χ2n) is 10.5. The molecule has 0 aliphatic heterocycles. The van der Waals surface area contributed by atoms with Crippen LogP contribution in [0.25, 0.3) is 16.9 Å². The predicted octanol–water partition coefficient (Wildman–Crippen LogP) is 4.99. The Morgan fingerprint density at radius 1 is 1.20 bits per heavy atom. The quantitative estimate of drug-likeness (QED) is 0.319. The minimum atomic E-state index is -0.423. The zero-order valence-corrected chi connectivity index (χ0v) is 22.9. The summed E-state index contributed by atoms with van der Waals surface area (Å²) in [5.41, 5.74) is 3.29. The van der Waals surface area contributed by atoms with E-state index in [-0.39, 0.29) is 36.8 Å². The molecular formula is C31H34FN5O3. The van der Waals surface area contributed by atoms with Crippen LogP contribution in [0.1, 0.15) is 74.4 Å². The van der Waals surface area contributed by atoms with Gasteiger partial charge in [-0.05, 0) is 67.9 Å². The molecule has 1 N–H and O–H groups in total. The highest BCUT2D eigenvalue weighted by molar-refractivity contribution is 5.70. The first-order valence-corrected chi connectivity index (χ1v) is 13.9. The SMILES string of the molecule is CCCc1c(Cc2ccc(-c3ccccc3C#N)cc2F)c(=O)n(C2CCC(OC(C)CO)CC2)c2ncnn12. The summed E-state index contributed by atoms with van der Waals surface area (Å²) in [4.78, 5) is 18.6. The minimum Gasteiger partial charge on any atom is -0.394 e. The van der Waals surface area contributed by atoms with Crippen LogP contribution in [-0.4, -0.2) is 43.1 Å². The first kappa shape index (κ1) is 27.7. The van der Waals surface area contributed by atoms with E-state index >= 15 is 4.39 Å². The smallest absolute Gasteiger partial charge is 0.259 e. The number of benzene rings is 2. The number of nitrogens with zero attached hydrogens (tertiary/aromatic N) is 5. The first-order chi connectivity index (χ1) is 19.4. The number of aromatic nitrogens is 4. The monoisotopic (exact) mass is 543 g/mol.